The SMILES string of the molecule is CCC(CC)CNCCCCC(F)(F)F. The molecule has 0 amide bonds. The van der Waals surface area contributed by atoms with Gasteiger partial charge in [0.1, 0.15) is 0 Å². The molecule has 0 aliphatic rings. The molecule has 0 aromatic heterocycles. The Morgan fingerprint density at radius 2 is 1.67 bits per heavy atom. The van der Waals surface area contributed by atoms with Gasteiger partial charge in [0.2, 0.25) is 0 Å². The lowest BCUT2D eigenvalue weighted by Gasteiger charge is -2.13. The van der Waals surface area contributed by atoms with Crippen LogP contribution in [0.5, 0.6) is 0 Å². The third-order valence-electron chi connectivity index (χ3n) is 2.65. The maximum absolute atomic E-state index is 11.8. The Kier molecular flexibility index (Phi) is 7.83. The van der Waals surface area contributed by atoms with Crippen LogP contribution in [0.1, 0.15) is 46.0 Å². The molecular weight excluding hydrogens is 203 g/mol. The summed E-state index contributed by atoms with van der Waals surface area (Å²) in [5.41, 5.74) is 0. The Bertz CT molecular complexity index is 141. The van der Waals surface area contributed by atoms with Crippen LogP contribution in [0.3, 0.4) is 0 Å². The molecule has 0 spiro atoms. The molecule has 1 nitrogen and oxygen atoms in total. The zero-order chi connectivity index (χ0) is 11.7. The number of hydrogen-bond acceptors (Lipinski definition) is 1. The van der Waals surface area contributed by atoms with E-state index >= 15 is 0 Å². The lowest BCUT2D eigenvalue weighted by atomic mass is 10.0. The standard InChI is InChI=1S/C11H22F3N/c1-3-10(4-2)9-15-8-6-5-7-11(12,13)14/h10,15H,3-9H2,1-2H3. The molecular formula is C11H22F3N. The minimum absolute atomic E-state index is 0.236. The van der Waals surface area contributed by atoms with Gasteiger partial charge < -0.3 is 5.32 Å². The second kappa shape index (κ2) is 7.97. The number of halogens is 3. The summed E-state index contributed by atoms with van der Waals surface area (Å²) in [6, 6.07) is 0. The molecule has 0 saturated heterocycles. The predicted octanol–water partition coefficient (Wildman–Crippen LogP) is 3.74. The molecule has 0 saturated carbocycles. The molecule has 4 heteroatoms. The molecule has 0 fully saturated rings. The van der Waals surface area contributed by atoms with Crippen LogP contribution in [0.4, 0.5) is 13.2 Å². The fraction of sp³-hybridized carbons (Fsp3) is 1.00. The van der Waals surface area contributed by atoms with E-state index in [-0.39, 0.29) is 6.42 Å². The van der Waals surface area contributed by atoms with Crippen LogP contribution in [0.15, 0.2) is 0 Å². The fourth-order valence-corrected chi connectivity index (χ4v) is 1.46. The first-order valence-electron chi connectivity index (χ1n) is 5.77. The minimum atomic E-state index is -3.99. The van der Waals surface area contributed by atoms with Crippen LogP contribution in [-0.4, -0.2) is 19.3 Å². The molecule has 0 heterocycles. The van der Waals surface area contributed by atoms with Crippen molar-refractivity contribution in [1.82, 2.24) is 5.32 Å². The molecule has 0 aromatic rings. The minimum Gasteiger partial charge on any atom is -0.316 e. The molecule has 0 aromatic carbocycles. The number of nitrogens with one attached hydrogen (secondary N) is 1. The number of hydrogen-bond donors (Lipinski definition) is 1. The fourth-order valence-electron chi connectivity index (χ4n) is 1.46. The van der Waals surface area contributed by atoms with Gasteiger partial charge in [-0.2, -0.15) is 13.2 Å². The smallest absolute Gasteiger partial charge is 0.316 e. The quantitative estimate of drug-likeness (QED) is 0.620. The maximum atomic E-state index is 11.8. The Labute approximate surface area is 90.4 Å². The highest BCUT2D eigenvalue weighted by Crippen LogP contribution is 2.21. The molecule has 0 atom stereocenters. The Hall–Kier alpha value is -0.250. The summed E-state index contributed by atoms with van der Waals surface area (Å²) in [4.78, 5) is 0. The van der Waals surface area contributed by atoms with Crippen LogP contribution in [0, 0.1) is 5.92 Å². The van der Waals surface area contributed by atoms with E-state index < -0.39 is 12.6 Å². The summed E-state index contributed by atoms with van der Waals surface area (Å²) < 4.78 is 35.3. The van der Waals surface area contributed by atoms with Crippen molar-refractivity contribution in [1.29, 1.82) is 0 Å². The monoisotopic (exact) mass is 225 g/mol. The normalized spacial score (nSPS) is 12.4. The van der Waals surface area contributed by atoms with Crippen LogP contribution >= 0.6 is 0 Å². The van der Waals surface area contributed by atoms with E-state index in [1.165, 1.54) is 0 Å². The van der Waals surface area contributed by atoms with E-state index in [0.29, 0.717) is 18.9 Å². The van der Waals surface area contributed by atoms with Gasteiger partial charge >= 0.3 is 6.18 Å². The van der Waals surface area contributed by atoms with Gasteiger partial charge in [0.15, 0.2) is 0 Å². The van der Waals surface area contributed by atoms with Crippen LogP contribution in [0.25, 0.3) is 0 Å². The predicted molar refractivity (Wildman–Crippen MR) is 56.8 cm³/mol. The first-order valence-corrected chi connectivity index (χ1v) is 5.77. The van der Waals surface area contributed by atoms with Crippen molar-refractivity contribution in [3.8, 4) is 0 Å². The first kappa shape index (κ1) is 14.8. The summed E-state index contributed by atoms with van der Waals surface area (Å²) in [6.45, 7) is 5.91. The van der Waals surface area contributed by atoms with E-state index in [4.69, 9.17) is 0 Å². The van der Waals surface area contributed by atoms with Gasteiger partial charge in [0.05, 0.1) is 0 Å². The van der Waals surface area contributed by atoms with Crippen LogP contribution < -0.4 is 5.32 Å². The average molecular weight is 225 g/mol. The summed E-state index contributed by atoms with van der Waals surface area (Å²) in [7, 11) is 0. The second-order valence-electron chi connectivity index (χ2n) is 3.96. The van der Waals surface area contributed by atoms with Crippen molar-refractivity contribution in [2.24, 2.45) is 5.92 Å². The Morgan fingerprint density at radius 3 is 2.13 bits per heavy atom. The second-order valence-corrected chi connectivity index (χ2v) is 3.96. The maximum Gasteiger partial charge on any atom is 0.389 e. The molecule has 0 rings (SSSR count). The average Bonchev–Trinajstić information content (AvgIpc) is 2.15. The number of unbranched alkanes of at least 4 members (excludes halogenated alkanes) is 1. The topological polar surface area (TPSA) is 12.0 Å². The van der Waals surface area contributed by atoms with E-state index in [1.54, 1.807) is 0 Å². The highest BCUT2D eigenvalue weighted by Gasteiger charge is 2.25. The largest absolute Gasteiger partial charge is 0.389 e. The van der Waals surface area contributed by atoms with Crippen molar-refractivity contribution in [2.45, 2.75) is 52.1 Å². The van der Waals surface area contributed by atoms with Gasteiger partial charge in [-0.1, -0.05) is 26.7 Å². The van der Waals surface area contributed by atoms with Gasteiger partial charge in [-0.05, 0) is 31.8 Å². The Morgan fingerprint density at radius 1 is 1.07 bits per heavy atom. The lowest BCUT2D eigenvalue weighted by molar-refractivity contribution is -0.135. The van der Waals surface area contributed by atoms with Gasteiger partial charge in [0, 0.05) is 6.42 Å². The van der Waals surface area contributed by atoms with Crippen LogP contribution in [0.2, 0.25) is 0 Å². The van der Waals surface area contributed by atoms with E-state index in [2.05, 4.69) is 19.2 Å². The van der Waals surface area contributed by atoms with Gasteiger partial charge in [-0.3, -0.25) is 0 Å². The van der Waals surface area contributed by atoms with Crippen molar-refractivity contribution < 1.29 is 13.2 Å². The number of rotatable bonds is 8. The van der Waals surface area contributed by atoms with Gasteiger partial charge in [-0.15, -0.1) is 0 Å². The molecule has 1 N–H and O–H groups in total. The summed E-state index contributed by atoms with van der Waals surface area (Å²) in [5.74, 6) is 0.660. The summed E-state index contributed by atoms with van der Waals surface area (Å²) >= 11 is 0. The van der Waals surface area contributed by atoms with E-state index in [0.717, 1.165) is 19.4 Å². The summed E-state index contributed by atoms with van der Waals surface area (Å²) in [6.07, 6.45) is -1.54. The molecule has 0 aliphatic heterocycles. The van der Waals surface area contributed by atoms with Crippen molar-refractivity contribution in [3.05, 3.63) is 0 Å². The number of alkyl halides is 3. The Balaban J connectivity index is 3.25. The molecule has 0 aliphatic carbocycles. The molecule has 0 unspecified atom stereocenters. The van der Waals surface area contributed by atoms with Crippen molar-refractivity contribution in [3.63, 3.8) is 0 Å². The lowest BCUT2D eigenvalue weighted by Crippen LogP contribution is -2.23. The van der Waals surface area contributed by atoms with Crippen LogP contribution in [-0.2, 0) is 0 Å². The molecule has 15 heavy (non-hydrogen) atoms. The molecule has 0 bridgehead atoms. The summed E-state index contributed by atoms with van der Waals surface area (Å²) in [5, 5.41) is 3.21. The molecule has 92 valence electrons. The third-order valence-corrected chi connectivity index (χ3v) is 2.65. The first-order chi connectivity index (χ1) is 6.99. The van der Waals surface area contributed by atoms with E-state index in [9.17, 15) is 13.2 Å². The highest BCUT2D eigenvalue weighted by molar-refractivity contribution is 4.59. The zero-order valence-electron chi connectivity index (χ0n) is 9.66. The van der Waals surface area contributed by atoms with Gasteiger partial charge in [0.25, 0.3) is 0 Å². The van der Waals surface area contributed by atoms with E-state index in [1.807, 2.05) is 0 Å². The zero-order valence-corrected chi connectivity index (χ0v) is 9.66. The molecule has 0 radical (unpaired) electrons. The van der Waals surface area contributed by atoms with Gasteiger partial charge in [-0.25, -0.2) is 0 Å². The highest BCUT2D eigenvalue weighted by atomic mass is 19.4. The van der Waals surface area contributed by atoms with Crippen molar-refractivity contribution in [2.75, 3.05) is 13.1 Å². The van der Waals surface area contributed by atoms with Crippen molar-refractivity contribution >= 4 is 0 Å². The third kappa shape index (κ3) is 10.0.